The van der Waals surface area contributed by atoms with E-state index in [1.54, 1.807) is 29.8 Å². The molecular weight excluding hydrogens is 234 g/mol. The minimum atomic E-state index is 0.640. The second-order valence-electron chi connectivity index (χ2n) is 3.63. The summed E-state index contributed by atoms with van der Waals surface area (Å²) in [5.74, 6) is 1.45. The fourth-order valence-corrected chi connectivity index (χ4v) is 2.12. The molecule has 0 spiro atoms. The lowest BCUT2D eigenvalue weighted by Gasteiger charge is -2.09. The number of anilines is 1. The molecule has 0 fully saturated rings. The number of thioether (sulfide) groups is 1. The van der Waals surface area contributed by atoms with Gasteiger partial charge in [0.1, 0.15) is 11.6 Å². The average Bonchev–Trinajstić information content (AvgIpc) is 2.69. The number of aromatic nitrogens is 2. The number of rotatable bonds is 3. The molecule has 1 aromatic carbocycles. The van der Waals surface area contributed by atoms with E-state index in [1.807, 2.05) is 25.4 Å². The molecule has 1 heterocycles. The van der Waals surface area contributed by atoms with Crippen LogP contribution in [0.1, 0.15) is 0 Å². The lowest BCUT2D eigenvalue weighted by molar-refractivity contribution is 0.416. The number of methoxy groups -OCH3 is 1. The lowest BCUT2D eigenvalue weighted by atomic mass is 10.1. The third-order valence-corrected chi connectivity index (χ3v) is 3.41. The quantitative estimate of drug-likeness (QED) is 0.849. The maximum atomic E-state index is 5.99. The predicted octanol–water partition coefficient (Wildman–Crippen LogP) is 2.40. The van der Waals surface area contributed by atoms with Crippen LogP contribution in [0.4, 0.5) is 5.82 Å². The van der Waals surface area contributed by atoms with Gasteiger partial charge in [-0.05, 0) is 24.5 Å². The van der Waals surface area contributed by atoms with Crippen LogP contribution in [0.5, 0.6) is 5.75 Å². The fourth-order valence-electron chi connectivity index (χ4n) is 1.68. The Balaban J connectivity index is 2.60. The molecular formula is C12H15N3OS. The largest absolute Gasteiger partial charge is 0.496 e. The zero-order chi connectivity index (χ0) is 12.4. The molecule has 0 saturated carbocycles. The Hall–Kier alpha value is -1.62. The van der Waals surface area contributed by atoms with Crippen molar-refractivity contribution in [2.24, 2.45) is 7.05 Å². The highest BCUT2D eigenvalue weighted by atomic mass is 32.2. The summed E-state index contributed by atoms with van der Waals surface area (Å²) in [5, 5.41) is 4.15. The number of hydrogen-bond acceptors (Lipinski definition) is 4. The van der Waals surface area contributed by atoms with Crippen LogP contribution in [-0.2, 0) is 7.05 Å². The Kier molecular flexibility index (Phi) is 3.28. The summed E-state index contributed by atoms with van der Waals surface area (Å²) in [6.07, 6.45) is 3.80. The SMILES string of the molecule is COc1ccc(SC)cc1-c1cnn(C)c1N. The predicted molar refractivity (Wildman–Crippen MR) is 71.4 cm³/mol. The monoisotopic (exact) mass is 249 g/mol. The highest BCUT2D eigenvalue weighted by Crippen LogP contribution is 2.35. The zero-order valence-electron chi connectivity index (χ0n) is 10.1. The standard InChI is InChI=1S/C12H15N3OS/c1-15-12(13)10(7-14-15)9-6-8(17-3)4-5-11(9)16-2/h4-7H,13H2,1-3H3. The van der Waals surface area contributed by atoms with Gasteiger partial charge in [-0.3, -0.25) is 4.68 Å². The van der Waals surface area contributed by atoms with E-state index < -0.39 is 0 Å². The van der Waals surface area contributed by atoms with Crippen LogP contribution in [0, 0.1) is 0 Å². The molecule has 2 rings (SSSR count). The number of hydrogen-bond donors (Lipinski definition) is 1. The first-order valence-electron chi connectivity index (χ1n) is 5.17. The van der Waals surface area contributed by atoms with E-state index in [-0.39, 0.29) is 0 Å². The molecule has 2 N–H and O–H groups in total. The molecule has 0 aliphatic rings. The van der Waals surface area contributed by atoms with Gasteiger partial charge in [0, 0.05) is 23.1 Å². The van der Waals surface area contributed by atoms with Gasteiger partial charge in [-0.1, -0.05) is 0 Å². The second-order valence-corrected chi connectivity index (χ2v) is 4.51. The van der Waals surface area contributed by atoms with Gasteiger partial charge < -0.3 is 10.5 Å². The molecule has 0 radical (unpaired) electrons. The van der Waals surface area contributed by atoms with Gasteiger partial charge >= 0.3 is 0 Å². The summed E-state index contributed by atoms with van der Waals surface area (Å²) in [6.45, 7) is 0. The van der Waals surface area contributed by atoms with Gasteiger partial charge in [-0.25, -0.2) is 0 Å². The molecule has 0 aliphatic heterocycles. The maximum Gasteiger partial charge on any atom is 0.129 e. The van der Waals surface area contributed by atoms with Crippen LogP contribution in [0.25, 0.3) is 11.1 Å². The Morgan fingerprint density at radius 2 is 2.12 bits per heavy atom. The number of nitrogens with two attached hydrogens (primary N) is 1. The average molecular weight is 249 g/mol. The van der Waals surface area contributed by atoms with Crippen LogP contribution in [0.2, 0.25) is 0 Å². The highest BCUT2D eigenvalue weighted by molar-refractivity contribution is 7.98. The van der Waals surface area contributed by atoms with Crippen molar-refractivity contribution < 1.29 is 4.74 Å². The topological polar surface area (TPSA) is 53.1 Å². The summed E-state index contributed by atoms with van der Waals surface area (Å²) in [6, 6.07) is 6.05. The second kappa shape index (κ2) is 4.71. The van der Waals surface area contributed by atoms with Crippen molar-refractivity contribution in [3.63, 3.8) is 0 Å². The van der Waals surface area contributed by atoms with Crippen molar-refractivity contribution in [2.45, 2.75) is 4.90 Å². The van der Waals surface area contributed by atoms with Gasteiger partial charge in [0.15, 0.2) is 0 Å². The van der Waals surface area contributed by atoms with Gasteiger partial charge in [-0.2, -0.15) is 5.10 Å². The van der Waals surface area contributed by atoms with Crippen molar-refractivity contribution >= 4 is 17.6 Å². The van der Waals surface area contributed by atoms with E-state index in [1.165, 1.54) is 4.90 Å². The fraction of sp³-hybridized carbons (Fsp3) is 0.250. The van der Waals surface area contributed by atoms with E-state index in [4.69, 9.17) is 10.5 Å². The molecule has 1 aromatic heterocycles. The molecule has 17 heavy (non-hydrogen) atoms. The molecule has 0 bridgehead atoms. The number of aryl methyl sites for hydroxylation is 1. The van der Waals surface area contributed by atoms with Crippen molar-refractivity contribution in [3.8, 4) is 16.9 Å². The summed E-state index contributed by atoms with van der Waals surface area (Å²) in [7, 11) is 3.48. The molecule has 90 valence electrons. The van der Waals surface area contributed by atoms with Crippen molar-refractivity contribution in [2.75, 3.05) is 19.1 Å². The first kappa shape index (κ1) is 11.9. The van der Waals surface area contributed by atoms with Gasteiger partial charge in [0.2, 0.25) is 0 Å². The van der Waals surface area contributed by atoms with Gasteiger partial charge in [0.05, 0.1) is 13.3 Å². The molecule has 0 unspecified atom stereocenters. The smallest absolute Gasteiger partial charge is 0.129 e. The normalized spacial score (nSPS) is 10.5. The summed E-state index contributed by atoms with van der Waals surface area (Å²) in [5.41, 5.74) is 7.87. The first-order valence-corrected chi connectivity index (χ1v) is 6.39. The van der Waals surface area contributed by atoms with Crippen LogP contribution >= 0.6 is 11.8 Å². The van der Waals surface area contributed by atoms with Gasteiger partial charge in [0.25, 0.3) is 0 Å². The molecule has 0 aliphatic carbocycles. The lowest BCUT2D eigenvalue weighted by Crippen LogP contribution is -1.98. The molecule has 4 nitrogen and oxygen atoms in total. The Morgan fingerprint density at radius 1 is 1.35 bits per heavy atom. The minimum absolute atomic E-state index is 0.640. The molecule has 2 aromatic rings. The van der Waals surface area contributed by atoms with Crippen molar-refractivity contribution in [1.82, 2.24) is 9.78 Å². The number of nitrogens with zero attached hydrogens (tertiary/aromatic N) is 2. The van der Waals surface area contributed by atoms with E-state index >= 15 is 0 Å². The molecule has 0 atom stereocenters. The summed E-state index contributed by atoms with van der Waals surface area (Å²) < 4.78 is 7.01. The number of benzene rings is 1. The van der Waals surface area contributed by atoms with E-state index in [9.17, 15) is 0 Å². The van der Waals surface area contributed by atoms with Crippen LogP contribution in [0.15, 0.2) is 29.3 Å². The van der Waals surface area contributed by atoms with E-state index in [2.05, 4.69) is 11.2 Å². The van der Waals surface area contributed by atoms with E-state index in [0.717, 1.165) is 16.9 Å². The zero-order valence-corrected chi connectivity index (χ0v) is 10.9. The summed E-state index contributed by atoms with van der Waals surface area (Å²) in [4.78, 5) is 1.17. The first-order chi connectivity index (χ1) is 8.17. The number of nitrogen functional groups attached to an aromatic ring is 1. The molecule has 0 saturated heterocycles. The van der Waals surface area contributed by atoms with Crippen LogP contribution in [0.3, 0.4) is 0 Å². The van der Waals surface area contributed by atoms with Crippen molar-refractivity contribution in [3.05, 3.63) is 24.4 Å². The summed E-state index contributed by atoms with van der Waals surface area (Å²) >= 11 is 1.69. The number of ether oxygens (including phenoxy) is 1. The van der Waals surface area contributed by atoms with E-state index in [0.29, 0.717) is 5.82 Å². The maximum absolute atomic E-state index is 5.99. The Labute approximate surface area is 105 Å². The van der Waals surface area contributed by atoms with Gasteiger partial charge in [-0.15, -0.1) is 11.8 Å². The Bertz CT molecular complexity index is 537. The van der Waals surface area contributed by atoms with Crippen LogP contribution in [-0.4, -0.2) is 23.1 Å². The van der Waals surface area contributed by atoms with Crippen LogP contribution < -0.4 is 10.5 Å². The third kappa shape index (κ3) is 2.10. The van der Waals surface area contributed by atoms with Crippen molar-refractivity contribution in [1.29, 1.82) is 0 Å². The highest BCUT2D eigenvalue weighted by Gasteiger charge is 2.13. The minimum Gasteiger partial charge on any atom is -0.496 e. The Morgan fingerprint density at radius 3 is 2.65 bits per heavy atom. The third-order valence-electron chi connectivity index (χ3n) is 2.68. The molecule has 5 heteroatoms. The molecule has 0 amide bonds.